The van der Waals surface area contributed by atoms with Crippen LogP contribution >= 0.6 is 0 Å². The fraction of sp³-hybridized carbons (Fsp3) is 0.500. The molecule has 28 heavy (non-hydrogen) atoms. The van der Waals surface area contributed by atoms with Crippen LogP contribution in [0.15, 0.2) is 24.8 Å². The lowest BCUT2D eigenvalue weighted by molar-refractivity contribution is -0.123. The molecule has 4 rings (SSSR count). The lowest BCUT2D eigenvalue weighted by Gasteiger charge is -2.23. The van der Waals surface area contributed by atoms with E-state index in [4.69, 9.17) is 0 Å². The third-order valence-corrected chi connectivity index (χ3v) is 5.39. The van der Waals surface area contributed by atoms with Gasteiger partial charge >= 0.3 is 12.2 Å². The second-order valence-corrected chi connectivity index (χ2v) is 7.54. The van der Waals surface area contributed by atoms with Crippen LogP contribution in [0.1, 0.15) is 19.9 Å². The molecule has 1 aliphatic heterocycles. The Balaban J connectivity index is 1.66. The van der Waals surface area contributed by atoms with E-state index in [0.717, 1.165) is 22.1 Å². The van der Waals surface area contributed by atoms with Crippen molar-refractivity contribution >= 4 is 28.1 Å². The maximum absolute atomic E-state index is 12.4. The molecule has 0 aromatic carbocycles. The Morgan fingerprint density at radius 1 is 1.36 bits per heavy atom. The molecule has 2 amide bonds. The number of hydrogen-bond donors (Lipinski definition) is 2. The number of pyridine rings is 1. The smallest absolute Gasteiger partial charge is 0.346 e. The molecule has 1 fully saturated rings. The predicted molar refractivity (Wildman–Crippen MR) is 97.8 cm³/mol. The van der Waals surface area contributed by atoms with Gasteiger partial charge in [-0.05, 0) is 12.0 Å². The zero-order valence-corrected chi connectivity index (χ0v) is 15.5. The minimum absolute atomic E-state index is 0.0814. The van der Waals surface area contributed by atoms with Crippen molar-refractivity contribution in [3.05, 3.63) is 24.8 Å². The minimum atomic E-state index is -4.43. The first-order valence-electron chi connectivity index (χ1n) is 9.13. The first-order chi connectivity index (χ1) is 13.2. The van der Waals surface area contributed by atoms with E-state index in [9.17, 15) is 18.0 Å². The summed E-state index contributed by atoms with van der Waals surface area (Å²) in [4.78, 5) is 25.6. The van der Waals surface area contributed by atoms with Crippen LogP contribution in [-0.2, 0) is 0 Å². The molecule has 3 aromatic rings. The van der Waals surface area contributed by atoms with Gasteiger partial charge in [-0.2, -0.15) is 13.2 Å². The number of carbonyl (C=O) groups excluding carboxylic acids is 1. The predicted octanol–water partition coefficient (Wildman–Crippen LogP) is 3.31. The zero-order chi connectivity index (χ0) is 20.1. The van der Waals surface area contributed by atoms with Gasteiger partial charge in [0.05, 0.1) is 24.1 Å². The number of likely N-dealkylation sites (tertiary alicyclic amines) is 1. The zero-order valence-electron chi connectivity index (χ0n) is 15.5. The van der Waals surface area contributed by atoms with E-state index in [1.54, 1.807) is 18.7 Å². The molecule has 0 saturated carbocycles. The maximum atomic E-state index is 12.4. The van der Waals surface area contributed by atoms with E-state index in [1.807, 2.05) is 16.0 Å². The van der Waals surface area contributed by atoms with Gasteiger partial charge in [0.1, 0.15) is 17.7 Å². The van der Waals surface area contributed by atoms with E-state index >= 15 is 0 Å². The van der Waals surface area contributed by atoms with Crippen molar-refractivity contribution < 1.29 is 18.0 Å². The Kier molecular flexibility index (Phi) is 4.43. The van der Waals surface area contributed by atoms with Crippen LogP contribution < -0.4 is 5.32 Å². The van der Waals surface area contributed by atoms with Crippen molar-refractivity contribution in [3.63, 3.8) is 0 Å². The number of carbonyl (C=O) groups is 1. The topological polar surface area (TPSA) is 78.8 Å². The highest BCUT2D eigenvalue weighted by Gasteiger charge is 2.39. The molecule has 10 heteroatoms. The molecule has 0 radical (unpaired) electrons. The number of aromatic amines is 1. The van der Waals surface area contributed by atoms with Crippen LogP contribution in [-0.4, -0.2) is 56.3 Å². The first kappa shape index (κ1) is 18.6. The van der Waals surface area contributed by atoms with Crippen LogP contribution in [0.4, 0.5) is 18.0 Å². The highest BCUT2D eigenvalue weighted by atomic mass is 19.4. The summed E-state index contributed by atoms with van der Waals surface area (Å²) in [5.41, 5.74) is 2.40. The number of halogens is 3. The van der Waals surface area contributed by atoms with Gasteiger partial charge in [0.25, 0.3) is 0 Å². The summed E-state index contributed by atoms with van der Waals surface area (Å²) in [5.74, 6) is 0.336. The highest BCUT2D eigenvalue weighted by molar-refractivity contribution is 6.01. The number of H-pyrrole nitrogens is 1. The average Bonchev–Trinajstić information content (AvgIpc) is 3.33. The third-order valence-electron chi connectivity index (χ3n) is 5.39. The number of nitrogens with zero attached hydrogens (tertiary/aromatic N) is 4. The minimum Gasteiger partial charge on any atom is -0.346 e. The van der Waals surface area contributed by atoms with Gasteiger partial charge in [0, 0.05) is 30.6 Å². The summed E-state index contributed by atoms with van der Waals surface area (Å²) in [7, 11) is 0. The lowest BCUT2D eigenvalue weighted by Crippen LogP contribution is -2.43. The van der Waals surface area contributed by atoms with Crippen molar-refractivity contribution in [3.8, 4) is 0 Å². The number of hydrogen-bond acceptors (Lipinski definition) is 3. The SMILES string of the molecule is CC(C)[C@H]1CN(C(=O)NCC(F)(F)F)C[C@H]1n1cnc2cnc3[nH]ccc3c21. The van der Waals surface area contributed by atoms with Crippen LogP contribution in [0.5, 0.6) is 0 Å². The fourth-order valence-electron chi connectivity index (χ4n) is 4.00. The third kappa shape index (κ3) is 3.27. The number of rotatable bonds is 3. The van der Waals surface area contributed by atoms with Crippen molar-refractivity contribution in [2.24, 2.45) is 11.8 Å². The molecule has 0 aliphatic carbocycles. The maximum Gasteiger partial charge on any atom is 0.405 e. The summed E-state index contributed by atoms with van der Waals surface area (Å²) >= 11 is 0. The molecule has 3 aromatic heterocycles. The number of amides is 2. The fourth-order valence-corrected chi connectivity index (χ4v) is 4.00. The Hall–Kier alpha value is -2.78. The summed E-state index contributed by atoms with van der Waals surface area (Å²) in [6.45, 7) is 3.50. The first-order valence-corrected chi connectivity index (χ1v) is 9.13. The molecular weight excluding hydrogens is 373 g/mol. The molecule has 2 atom stereocenters. The lowest BCUT2D eigenvalue weighted by atomic mass is 9.91. The van der Waals surface area contributed by atoms with E-state index in [0.29, 0.717) is 13.1 Å². The number of imidazole rings is 1. The normalized spacial score (nSPS) is 20.6. The van der Waals surface area contributed by atoms with Crippen LogP contribution in [0, 0.1) is 11.8 Å². The standard InChI is InChI=1S/C18H21F3N6O/c1-10(2)12-6-26(17(28)24-8-18(19,20)21)7-14(12)27-9-25-13-5-23-16-11(15(13)27)3-4-22-16/h3-5,9-10,12,14H,6-8H2,1-2H3,(H,22,23)(H,24,28)/t12-,14-/m1/s1. The van der Waals surface area contributed by atoms with E-state index in [1.165, 1.54) is 4.90 Å². The second kappa shape index (κ2) is 6.68. The van der Waals surface area contributed by atoms with Gasteiger partial charge in [-0.3, -0.25) is 0 Å². The van der Waals surface area contributed by atoms with Gasteiger partial charge in [-0.1, -0.05) is 13.8 Å². The van der Waals surface area contributed by atoms with Crippen molar-refractivity contribution in [2.75, 3.05) is 19.6 Å². The van der Waals surface area contributed by atoms with E-state index in [-0.39, 0.29) is 17.9 Å². The summed E-state index contributed by atoms with van der Waals surface area (Å²) < 4.78 is 39.4. The summed E-state index contributed by atoms with van der Waals surface area (Å²) in [6, 6.07) is 1.15. The Morgan fingerprint density at radius 3 is 2.86 bits per heavy atom. The molecule has 4 heterocycles. The van der Waals surface area contributed by atoms with Crippen molar-refractivity contribution in [1.82, 2.24) is 29.7 Å². The molecule has 0 spiro atoms. The Morgan fingerprint density at radius 2 is 2.14 bits per heavy atom. The van der Waals surface area contributed by atoms with Gasteiger partial charge in [-0.15, -0.1) is 0 Å². The van der Waals surface area contributed by atoms with Gasteiger partial charge in [0.15, 0.2) is 0 Å². The number of aromatic nitrogens is 4. The molecule has 1 saturated heterocycles. The van der Waals surface area contributed by atoms with Crippen LogP contribution in [0.2, 0.25) is 0 Å². The van der Waals surface area contributed by atoms with E-state index < -0.39 is 18.8 Å². The molecule has 0 unspecified atom stereocenters. The van der Waals surface area contributed by atoms with Crippen molar-refractivity contribution in [2.45, 2.75) is 26.1 Å². The van der Waals surface area contributed by atoms with Gasteiger partial charge in [-0.25, -0.2) is 14.8 Å². The number of nitrogens with one attached hydrogen (secondary N) is 2. The molecule has 150 valence electrons. The Bertz CT molecular complexity index is 1010. The number of urea groups is 1. The second-order valence-electron chi connectivity index (χ2n) is 7.54. The number of alkyl halides is 3. The molecule has 1 aliphatic rings. The quantitative estimate of drug-likeness (QED) is 0.715. The van der Waals surface area contributed by atoms with E-state index in [2.05, 4.69) is 28.8 Å². The summed E-state index contributed by atoms with van der Waals surface area (Å²) in [6.07, 6.45) is 0.799. The highest BCUT2D eigenvalue weighted by Crippen LogP contribution is 2.36. The largest absolute Gasteiger partial charge is 0.405 e. The summed E-state index contributed by atoms with van der Waals surface area (Å²) in [5, 5.41) is 2.90. The molecular formula is C18H21F3N6O. The van der Waals surface area contributed by atoms with Gasteiger partial charge < -0.3 is 19.8 Å². The van der Waals surface area contributed by atoms with Crippen molar-refractivity contribution in [1.29, 1.82) is 0 Å². The van der Waals surface area contributed by atoms with Crippen LogP contribution in [0.3, 0.4) is 0 Å². The number of fused-ring (bicyclic) bond motifs is 3. The Labute approximate surface area is 158 Å². The van der Waals surface area contributed by atoms with Gasteiger partial charge in [0.2, 0.25) is 0 Å². The molecule has 0 bridgehead atoms. The van der Waals surface area contributed by atoms with Crippen LogP contribution in [0.25, 0.3) is 22.1 Å². The monoisotopic (exact) mass is 394 g/mol. The molecule has 2 N–H and O–H groups in total. The average molecular weight is 394 g/mol. The molecule has 7 nitrogen and oxygen atoms in total.